The van der Waals surface area contributed by atoms with Gasteiger partial charge in [0.25, 0.3) is 5.91 Å². The van der Waals surface area contributed by atoms with E-state index in [-0.39, 0.29) is 48.8 Å². The van der Waals surface area contributed by atoms with Gasteiger partial charge in [0.2, 0.25) is 5.91 Å². The maximum absolute atomic E-state index is 14.7. The lowest BCUT2D eigenvalue weighted by molar-refractivity contribution is -0.134. The molecule has 0 spiro atoms. The SMILES string of the molecule is CC[C@H](C)[C@@H](C(=O)NN(Cc1ccc(-c2ccccn2)cc1)C[C@H](O)[C@H](Cc1ccccc1)NC(=O)[C@H]([C@@H](C)CC)N1CCN(Cc2ccnc3ccccc23)C1=O)N1CCNC1=O. The van der Waals surface area contributed by atoms with Gasteiger partial charge in [-0.1, -0.05) is 119 Å². The molecule has 2 aliphatic heterocycles. The van der Waals surface area contributed by atoms with Gasteiger partial charge in [-0.05, 0) is 59.2 Å². The Balaban J connectivity index is 1.14. The van der Waals surface area contributed by atoms with Gasteiger partial charge in [-0.25, -0.2) is 14.6 Å². The molecule has 336 valence electrons. The number of urea groups is 2. The van der Waals surface area contributed by atoms with Crippen LogP contribution in [-0.2, 0) is 29.1 Å². The average Bonchev–Trinajstić information content (AvgIpc) is 3.90. The monoisotopic (exact) mass is 867 g/mol. The first-order chi connectivity index (χ1) is 31.0. The molecule has 5 aromatic rings. The van der Waals surface area contributed by atoms with Crippen LogP contribution in [0.4, 0.5) is 9.59 Å². The topological polar surface area (TPSA) is 163 Å². The van der Waals surface area contributed by atoms with Crippen molar-refractivity contribution < 1.29 is 24.3 Å². The van der Waals surface area contributed by atoms with Gasteiger partial charge >= 0.3 is 12.1 Å². The summed E-state index contributed by atoms with van der Waals surface area (Å²) in [7, 11) is 0. The van der Waals surface area contributed by atoms with Crippen LogP contribution in [0, 0.1) is 11.8 Å². The first-order valence-electron chi connectivity index (χ1n) is 22.5. The summed E-state index contributed by atoms with van der Waals surface area (Å²) in [6.45, 7) is 10.2. The summed E-state index contributed by atoms with van der Waals surface area (Å²) in [6.07, 6.45) is 3.92. The lowest BCUT2D eigenvalue weighted by Gasteiger charge is -2.36. The minimum absolute atomic E-state index is 0.0603. The van der Waals surface area contributed by atoms with E-state index in [4.69, 9.17) is 0 Å². The third-order valence-corrected chi connectivity index (χ3v) is 12.7. The minimum Gasteiger partial charge on any atom is -0.390 e. The second-order valence-corrected chi connectivity index (χ2v) is 17.1. The highest BCUT2D eigenvalue weighted by Gasteiger charge is 2.41. The number of pyridine rings is 2. The molecule has 3 aromatic carbocycles. The molecule has 0 aliphatic carbocycles. The summed E-state index contributed by atoms with van der Waals surface area (Å²) < 4.78 is 0. The zero-order chi connectivity index (χ0) is 45.2. The number of hydrazine groups is 1. The van der Waals surface area contributed by atoms with E-state index in [1.807, 2.05) is 131 Å². The Bertz CT molecular complexity index is 2350. The molecule has 0 bridgehead atoms. The van der Waals surface area contributed by atoms with Gasteiger partial charge in [-0.15, -0.1) is 0 Å². The zero-order valence-electron chi connectivity index (χ0n) is 37.3. The van der Waals surface area contributed by atoms with E-state index < -0.39 is 24.2 Å². The largest absolute Gasteiger partial charge is 0.390 e. The number of amides is 6. The smallest absolute Gasteiger partial charge is 0.321 e. The summed E-state index contributed by atoms with van der Waals surface area (Å²) in [5.41, 5.74) is 8.46. The number of nitrogens with one attached hydrogen (secondary N) is 3. The van der Waals surface area contributed by atoms with Crippen LogP contribution in [0.2, 0.25) is 0 Å². The van der Waals surface area contributed by atoms with Crippen LogP contribution >= 0.6 is 0 Å². The van der Waals surface area contributed by atoms with E-state index in [0.29, 0.717) is 52.0 Å². The molecule has 2 fully saturated rings. The van der Waals surface area contributed by atoms with Crippen molar-refractivity contribution in [1.82, 2.24) is 45.7 Å². The lowest BCUT2D eigenvalue weighted by Crippen LogP contribution is -2.59. The predicted octanol–water partition coefficient (Wildman–Crippen LogP) is 6.01. The highest BCUT2D eigenvalue weighted by atomic mass is 16.3. The summed E-state index contributed by atoms with van der Waals surface area (Å²) in [5.74, 6) is -1.05. The maximum atomic E-state index is 14.7. The zero-order valence-corrected chi connectivity index (χ0v) is 37.3. The molecule has 14 nitrogen and oxygen atoms in total. The van der Waals surface area contributed by atoms with Crippen LogP contribution < -0.4 is 16.1 Å². The molecular weight excluding hydrogens is 807 g/mol. The molecule has 0 saturated carbocycles. The highest BCUT2D eigenvalue weighted by Crippen LogP contribution is 2.26. The number of aromatic nitrogens is 2. The fourth-order valence-corrected chi connectivity index (χ4v) is 8.80. The number of benzene rings is 3. The Morgan fingerprint density at radius 1 is 0.766 bits per heavy atom. The van der Waals surface area contributed by atoms with Gasteiger partial charge in [0, 0.05) is 69.2 Å². The van der Waals surface area contributed by atoms with Crippen molar-refractivity contribution in [3.05, 3.63) is 132 Å². The standard InChI is InChI=1S/C50H61N9O5/c1-5-34(3)45(59-29-28-56(50(59)64)32-39-23-25-52-42-18-11-10-16-40(39)42)47(61)54-43(30-36-14-8-7-9-15-36)44(60)33-57(31-37-19-21-38(22-20-37)41-17-12-13-24-51-41)55-48(62)46(35(4)6-2)58-27-26-53-49(58)63/h7-25,34-35,43-46,60H,5-6,26-33H2,1-4H3,(H,53,63)(H,54,61)(H,55,62)/t34-,35-,43-,44-,45-,46-/m0/s1. The minimum atomic E-state index is -1.18. The first-order valence-corrected chi connectivity index (χ1v) is 22.5. The van der Waals surface area contributed by atoms with Crippen LogP contribution in [0.1, 0.15) is 57.2 Å². The Labute approximate surface area is 376 Å². The van der Waals surface area contributed by atoms with E-state index in [1.54, 1.807) is 32.1 Å². The summed E-state index contributed by atoms with van der Waals surface area (Å²) in [6, 6.07) is 30.2. The molecule has 2 saturated heterocycles. The fourth-order valence-electron chi connectivity index (χ4n) is 8.80. The molecule has 4 heterocycles. The Morgan fingerprint density at radius 2 is 1.47 bits per heavy atom. The number of para-hydroxylation sites is 1. The van der Waals surface area contributed by atoms with Crippen LogP contribution in [0.15, 0.2) is 116 Å². The summed E-state index contributed by atoms with van der Waals surface area (Å²) in [5, 5.41) is 21.0. The second kappa shape index (κ2) is 21.3. The van der Waals surface area contributed by atoms with Gasteiger partial charge < -0.3 is 30.4 Å². The molecule has 7 rings (SSSR count). The molecular formula is C50H61N9O5. The second-order valence-electron chi connectivity index (χ2n) is 17.1. The van der Waals surface area contributed by atoms with Crippen molar-refractivity contribution in [2.45, 2.75) is 84.3 Å². The van der Waals surface area contributed by atoms with Crippen LogP contribution in [0.5, 0.6) is 0 Å². The van der Waals surface area contributed by atoms with E-state index in [0.717, 1.165) is 38.9 Å². The molecule has 64 heavy (non-hydrogen) atoms. The van der Waals surface area contributed by atoms with Gasteiger partial charge in [0.05, 0.1) is 23.4 Å². The van der Waals surface area contributed by atoms with Gasteiger partial charge in [0.15, 0.2) is 0 Å². The number of rotatable bonds is 20. The molecule has 4 N–H and O–H groups in total. The Morgan fingerprint density at radius 3 is 2.16 bits per heavy atom. The number of hydrogen-bond acceptors (Lipinski definition) is 8. The van der Waals surface area contributed by atoms with E-state index in [2.05, 4.69) is 26.0 Å². The van der Waals surface area contributed by atoms with E-state index in [9.17, 15) is 24.3 Å². The predicted molar refractivity (Wildman–Crippen MR) is 247 cm³/mol. The Kier molecular flexibility index (Phi) is 15.2. The quantitative estimate of drug-likeness (QED) is 0.0692. The number of aliphatic hydroxyl groups excluding tert-OH is 1. The van der Waals surface area contributed by atoms with Gasteiger partial charge in [-0.3, -0.25) is 25.0 Å². The first kappa shape index (κ1) is 45.6. The number of carbonyl (C=O) groups is 4. The molecule has 14 heteroatoms. The fraction of sp³-hybridized carbons (Fsp3) is 0.400. The van der Waals surface area contributed by atoms with Gasteiger partial charge in [-0.2, -0.15) is 0 Å². The molecule has 6 amide bonds. The maximum Gasteiger partial charge on any atom is 0.321 e. The number of carbonyl (C=O) groups excluding carboxylic acids is 4. The van der Waals surface area contributed by atoms with E-state index in [1.165, 1.54) is 0 Å². The van der Waals surface area contributed by atoms with Crippen LogP contribution in [-0.4, -0.2) is 116 Å². The van der Waals surface area contributed by atoms with Crippen LogP contribution in [0.3, 0.4) is 0 Å². The summed E-state index contributed by atoms with van der Waals surface area (Å²) in [4.78, 5) is 70.2. The highest BCUT2D eigenvalue weighted by molar-refractivity contribution is 5.89. The molecule has 2 aliphatic rings. The molecule has 2 aromatic heterocycles. The van der Waals surface area contributed by atoms with Crippen molar-refractivity contribution in [2.75, 3.05) is 32.7 Å². The molecule has 6 atom stereocenters. The summed E-state index contributed by atoms with van der Waals surface area (Å²) >= 11 is 0. The molecule has 0 unspecified atom stereocenters. The van der Waals surface area contributed by atoms with Crippen molar-refractivity contribution in [1.29, 1.82) is 0 Å². The third-order valence-electron chi connectivity index (χ3n) is 12.7. The lowest BCUT2D eigenvalue weighted by atomic mass is 9.95. The number of fused-ring (bicyclic) bond motifs is 1. The van der Waals surface area contributed by atoms with E-state index >= 15 is 0 Å². The van der Waals surface area contributed by atoms with Crippen molar-refractivity contribution in [2.24, 2.45) is 11.8 Å². The third kappa shape index (κ3) is 10.9. The normalized spacial score (nSPS) is 16.9. The average molecular weight is 868 g/mol. The van der Waals surface area contributed by atoms with Crippen LogP contribution in [0.25, 0.3) is 22.2 Å². The Hall–Kier alpha value is -6.38. The van der Waals surface area contributed by atoms with Crippen molar-refractivity contribution in [3.8, 4) is 11.3 Å². The number of hydrogen-bond donors (Lipinski definition) is 4. The number of nitrogens with zero attached hydrogens (tertiary/aromatic N) is 6. The molecule has 0 radical (unpaired) electrons. The van der Waals surface area contributed by atoms with Gasteiger partial charge in [0.1, 0.15) is 12.1 Å². The van der Waals surface area contributed by atoms with Crippen molar-refractivity contribution >= 4 is 34.8 Å². The van der Waals surface area contributed by atoms with Crippen molar-refractivity contribution in [3.63, 3.8) is 0 Å². The number of aliphatic hydroxyl groups is 1.